The van der Waals surface area contributed by atoms with Crippen molar-refractivity contribution in [3.05, 3.63) is 49.6 Å². The smallest absolute Gasteiger partial charge is 0.0747 e. The lowest BCUT2D eigenvalue weighted by Gasteiger charge is -2.34. The van der Waals surface area contributed by atoms with Crippen LogP contribution in [0.2, 0.25) is 0 Å². The molecule has 1 rings (SSSR count). The summed E-state index contributed by atoms with van der Waals surface area (Å²) in [5, 5.41) is 10.8. The molecule has 0 spiro atoms. The van der Waals surface area contributed by atoms with Crippen LogP contribution in [-0.2, 0) is 0 Å². The first-order chi connectivity index (χ1) is 8.66. The van der Waals surface area contributed by atoms with Crippen molar-refractivity contribution in [2.75, 3.05) is 0 Å². The fourth-order valence-electron chi connectivity index (χ4n) is 2.88. The highest BCUT2D eigenvalue weighted by molar-refractivity contribution is 5.10. The average molecular weight is 246 g/mol. The van der Waals surface area contributed by atoms with Crippen LogP contribution in [0.3, 0.4) is 0 Å². The third-order valence-electron chi connectivity index (χ3n) is 3.90. The molecule has 0 aromatic carbocycles. The minimum atomic E-state index is -0.663. The predicted molar refractivity (Wildman–Crippen MR) is 79.4 cm³/mol. The summed E-state index contributed by atoms with van der Waals surface area (Å²) in [6.45, 7) is 11.3. The zero-order valence-electron chi connectivity index (χ0n) is 11.4. The zero-order chi connectivity index (χ0) is 13.4. The lowest BCUT2D eigenvalue weighted by Crippen LogP contribution is -2.36. The molecule has 1 aliphatic carbocycles. The summed E-state index contributed by atoms with van der Waals surface area (Å²) < 4.78 is 0. The van der Waals surface area contributed by atoms with Crippen LogP contribution in [0.1, 0.15) is 44.9 Å². The van der Waals surface area contributed by atoms with E-state index >= 15 is 0 Å². The van der Waals surface area contributed by atoms with Gasteiger partial charge in [0.2, 0.25) is 0 Å². The van der Waals surface area contributed by atoms with E-state index in [1.807, 2.05) is 18.2 Å². The van der Waals surface area contributed by atoms with Crippen LogP contribution in [0.15, 0.2) is 49.6 Å². The van der Waals surface area contributed by atoms with Gasteiger partial charge in [-0.25, -0.2) is 0 Å². The van der Waals surface area contributed by atoms with Gasteiger partial charge in [-0.05, 0) is 50.9 Å². The Balaban J connectivity index is 2.77. The van der Waals surface area contributed by atoms with Gasteiger partial charge in [0, 0.05) is 0 Å². The Bertz CT molecular complexity index is 315. The maximum absolute atomic E-state index is 10.8. The predicted octanol–water partition coefficient (Wildman–Crippen LogP) is 4.56. The Morgan fingerprint density at radius 1 is 1.22 bits per heavy atom. The first-order valence-electron chi connectivity index (χ1n) is 6.89. The summed E-state index contributed by atoms with van der Waals surface area (Å²) in [5.41, 5.74) is 0.802. The molecule has 0 aromatic rings. The highest BCUT2D eigenvalue weighted by Crippen LogP contribution is 2.36. The first-order valence-corrected chi connectivity index (χ1v) is 6.89. The normalized spacial score (nSPS) is 20.7. The molecule has 0 saturated carbocycles. The summed E-state index contributed by atoms with van der Waals surface area (Å²) in [6, 6.07) is 0. The van der Waals surface area contributed by atoms with Crippen molar-refractivity contribution in [1.82, 2.24) is 0 Å². The molecule has 100 valence electrons. The molecule has 1 N–H and O–H groups in total. The minimum Gasteiger partial charge on any atom is -0.389 e. The zero-order valence-corrected chi connectivity index (χ0v) is 11.4. The molecular formula is C17H26O. The average Bonchev–Trinajstić information content (AvgIpc) is 2.56. The molecule has 18 heavy (non-hydrogen) atoms. The van der Waals surface area contributed by atoms with E-state index in [0.717, 1.165) is 32.1 Å². The Labute approximate surface area is 112 Å². The van der Waals surface area contributed by atoms with Crippen molar-refractivity contribution < 1.29 is 5.11 Å². The summed E-state index contributed by atoms with van der Waals surface area (Å²) in [6.07, 6.45) is 14.5. The van der Waals surface area contributed by atoms with Gasteiger partial charge in [0.1, 0.15) is 0 Å². The SMILES string of the molecule is C=CCC1=CCC(C(O)(CC=C)CC=C)CCC1. The van der Waals surface area contributed by atoms with Crippen molar-refractivity contribution in [3.8, 4) is 0 Å². The van der Waals surface area contributed by atoms with E-state index in [0.29, 0.717) is 18.8 Å². The fourth-order valence-corrected chi connectivity index (χ4v) is 2.88. The highest BCUT2D eigenvalue weighted by atomic mass is 16.3. The van der Waals surface area contributed by atoms with Gasteiger partial charge in [-0.3, -0.25) is 0 Å². The van der Waals surface area contributed by atoms with E-state index in [-0.39, 0.29) is 0 Å². The summed E-state index contributed by atoms with van der Waals surface area (Å²) in [4.78, 5) is 0. The van der Waals surface area contributed by atoms with Gasteiger partial charge in [0.15, 0.2) is 0 Å². The molecule has 1 heteroatoms. The second kappa shape index (κ2) is 7.38. The van der Waals surface area contributed by atoms with E-state index in [4.69, 9.17) is 0 Å². The lowest BCUT2D eigenvalue weighted by atomic mass is 9.78. The second-order valence-corrected chi connectivity index (χ2v) is 5.27. The standard InChI is InChI=1S/C17H26O/c1-4-8-15-9-7-10-16(12-11-15)17(18,13-5-2)14-6-3/h4-6,11,16,18H,1-3,7-10,12-14H2. The van der Waals surface area contributed by atoms with Gasteiger partial charge in [0.25, 0.3) is 0 Å². The number of hydrogen-bond donors (Lipinski definition) is 1. The van der Waals surface area contributed by atoms with Gasteiger partial charge in [-0.2, -0.15) is 0 Å². The number of aliphatic hydroxyl groups is 1. The molecule has 0 saturated heterocycles. The number of hydrogen-bond acceptors (Lipinski definition) is 1. The van der Waals surface area contributed by atoms with Gasteiger partial charge in [0.05, 0.1) is 5.60 Å². The molecule has 0 bridgehead atoms. The summed E-state index contributed by atoms with van der Waals surface area (Å²) in [7, 11) is 0. The van der Waals surface area contributed by atoms with Crippen LogP contribution in [0.25, 0.3) is 0 Å². The highest BCUT2D eigenvalue weighted by Gasteiger charge is 2.34. The van der Waals surface area contributed by atoms with Crippen molar-refractivity contribution >= 4 is 0 Å². The van der Waals surface area contributed by atoms with Gasteiger partial charge in [-0.1, -0.05) is 29.9 Å². The monoisotopic (exact) mass is 246 g/mol. The molecule has 0 heterocycles. The number of allylic oxidation sites excluding steroid dienone is 3. The van der Waals surface area contributed by atoms with Gasteiger partial charge < -0.3 is 5.11 Å². The van der Waals surface area contributed by atoms with E-state index in [9.17, 15) is 5.11 Å². The quantitative estimate of drug-likeness (QED) is 0.653. The summed E-state index contributed by atoms with van der Waals surface area (Å²) >= 11 is 0. The first kappa shape index (κ1) is 15.0. The largest absolute Gasteiger partial charge is 0.389 e. The minimum absolute atomic E-state index is 0.316. The molecular weight excluding hydrogens is 220 g/mol. The molecule has 1 unspecified atom stereocenters. The van der Waals surface area contributed by atoms with Gasteiger partial charge in [-0.15, -0.1) is 19.7 Å². The van der Waals surface area contributed by atoms with Crippen molar-refractivity contribution in [1.29, 1.82) is 0 Å². The summed E-state index contributed by atoms with van der Waals surface area (Å²) in [5.74, 6) is 0.316. The van der Waals surface area contributed by atoms with E-state index in [2.05, 4.69) is 25.8 Å². The van der Waals surface area contributed by atoms with Crippen LogP contribution in [0.5, 0.6) is 0 Å². The molecule has 0 amide bonds. The van der Waals surface area contributed by atoms with E-state index in [1.165, 1.54) is 5.57 Å². The van der Waals surface area contributed by atoms with Crippen LogP contribution in [0, 0.1) is 5.92 Å². The maximum atomic E-state index is 10.8. The third kappa shape index (κ3) is 3.99. The molecule has 1 nitrogen and oxygen atoms in total. The Morgan fingerprint density at radius 3 is 2.44 bits per heavy atom. The van der Waals surface area contributed by atoms with Crippen molar-refractivity contribution in [2.24, 2.45) is 5.92 Å². The molecule has 0 fully saturated rings. The molecule has 0 aromatic heterocycles. The van der Waals surface area contributed by atoms with E-state index in [1.54, 1.807) is 0 Å². The Kier molecular flexibility index (Phi) is 6.14. The van der Waals surface area contributed by atoms with E-state index < -0.39 is 5.60 Å². The molecule has 0 radical (unpaired) electrons. The van der Waals surface area contributed by atoms with Crippen LogP contribution in [-0.4, -0.2) is 10.7 Å². The number of rotatable bonds is 7. The van der Waals surface area contributed by atoms with Crippen molar-refractivity contribution in [2.45, 2.75) is 50.5 Å². The Hall–Kier alpha value is -1.08. The Morgan fingerprint density at radius 2 is 1.89 bits per heavy atom. The second-order valence-electron chi connectivity index (χ2n) is 5.27. The van der Waals surface area contributed by atoms with Gasteiger partial charge >= 0.3 is 0 Å². The fraction of sp³-hybridized carbons (Fsp3) is 0.529. The van der Waals surface area contributed by atoms with Crippen LogP contribution < -0.4 is 0 Å². The molecule has 0 aliphatic heterocycles. The molecule has 1 atom stereocenters. The lowest BCUT2D eigenvalue weighted by molar-refractivity contribution is -0.0159. The van der Waals surface area contributed by atoms with Crippen LogP contribution in [0.4, 0.5) is 0 Å². The topological polar surface area (TPSA) is 20.2 Å². The molecule has 1 aliphatic rings. The van der Waals surface area contributed by atoms with Crippen LogP contribution >= 0.6 is 0 Å². The van der Waals surface area contributed by atoms with Crippen molar-refractivity contribution in [3.63, 3.8) is 0 Å². The third-order valence-corrected chi connectivity index (χ3v) is 3.90. The maximum Gasteiger partial charge on any atom is 0.0747 e.